The Morgan fingerprint density at radius 2 is 1.94 bits per heavy atom. The zero-order chi connectivity index (χ0) is 25.8. The first-order valence-corrected chi connectivity index (χ1v) is 13.5. The van der Waals surface area contributed by atoms with Crippen molar-refractivity contribution in [3.63, 3.8) is 0 Å². The van der Waals surface area contributed by atoms with Gasteiger partial charge in [0.05, 0.1) is 18.0 Å². The van der Waals surface area contributed by atoms with E-state index in [9.17, 15) is 27.2 Å². The molecule has 1 fully saturated rings. The van der Waals surface area contributed by atoms with Crippen molar-refractivity contribution in [1.82, 2.24) is 10.2 Å². The fourth-order valence-corrected chi connectivity index (χ4v) is 4.55. The highest BCUT2D eigenvalue weighted by Gasteiger charge is 2.45. The van der Waals surface area contributed by atoms with Crippen LogP contribution in [0, 0.1) is 9.39 Å². The van der Waals surface area contributed by atoms with Crippen molar-refractivity contribution in [2.75, 3.05) is 30.5 Å². The summed E-state index contributed by atoms with van der Waals surface area (Å²) in [6, 6.07) is 6.81. The number of amides is 4. The van der Waals surface area contributed by atoms with Crippen LogP contribution in [-0.4, -0.2) is 67.5 Å². The molecule has 35 heavy (non-hydrogen) atoms. The minimum absolute atomic E-state index is 0.0878. The van der Waals surface area contributed by atoms with Gasteiger partial charge in [0, 0.05) is 9.83 Å². The predicted molar refractivity (Wildman–Crippen MR) is 133 cm³/mol. The molecule has 0 spiro atoms. The Morgan fingerprint density at radius 3 is 2.54 bits per heavy atom. The summed E-state index contributed by atoms with van der Waals surface area (Å²) in [4.78, 5) is 39.6. The molecule has 1 aliphatic heterocycles. The standard InChI is InChI=1S/C22H23FIN3O7S/c1-35(32,33)11-8-18(20(29)25-17-7-4-14(24)12-16(17)23)27-21(30)19(26-22(27)31)13-2-5-15(6-3-13)34-10-9-28/h2-7,12,18-19,28H,8-11H2,1H3,(H,25,29)(H,26,31). The van der Waals surface area contributed by atoms with Crippen LogP contribution in [0.15, 0.2) is 42.5 Å². The molecule has 13 heteroatoms. The van der Waals surface area contributed by atoms with Gasteiger partial charge >= 0.3 is 6.03 Å². The Hall–Kier alpha value is -2.78. The lowest BCUT2D eigenvalue weighted by molar-refractivity contribution is -0.134. The fourth-order valence-electron chi connectivity index (χ4n) is 3.45. The van der Waals surface area contributed by atoms with Crippen molar-refractivity contribution < 1.29 is 37.0 Å². The van der Waals surface area contributed by atoms with Gasteiger partial charge in [-0.3, -0.25) is 9.59 Å². The summed E-state index contributed by atoms with van der Waals surface area (Å²) in [6.45, 7) is -0.0819. The van der Waals surface area contributed by atoms with Crippen LogP contribution < -0.4 is 15.4 Å². The number of ether oxygens (including phenoxy) is 1. The first-order valence-electron chi connectivity index (χ1n) is 10.4. The van der Waals surface area contributed by atoms with Crippen LogP contribution in [0.3, 0.4) is 0 Å². The molecule has 3 N–H and O–H groups in total. The van der Waals surface area contributed by atoms with Crippen molar-refractivity contribution in [3.8, 4) is 5.75 Å². The van der Waals surface area contributed by atoms with E-state index in [1.54, 1.807) is 30.3 Å². The van der Waals surface area contributed by atoms with Crippen molar-refractivity contribution in [2.45, 2.75) is 18.5 Å². The Morgan fingerprint density at radius 1 is 1.26 bits per heavy atom. The second-order valence-corrected chi connectivity index (χ2v) is 11.3. The maximum atomic E-state index is 14.3. The average molecular weight is 619 g/mol. The number of aliphatic hydroxyl groups excluding tert-OH is 1. The first kappa shape index (κ1) is 26.8. The molecule has 0 aromatic heterocycles. The Labute approximate surface area is 214 Å². The zero-order valence-electron chi connectivity index (χ0n) is 18.5. The molecule has 0 radical (unpaired) electrons. The highest BCUT2D eigenvalue weighted by Crippen LogP contribution is 2.27. The number of benzene rings is 2. The van der Waals surface area contributed by atoms with E-state index < -0.39 is 51.3 Å². The molecule has 2 aromatic rings. The van der Waals surface area contributed by atoms with Crippen molar-refractivity contribution >= 4 is 56.0 Å². The summed E-state index contributed by atoms with van der Waals surface area (Å²) in [5.41, 5.74) is 0.245. The number of rotatable bonds is 10. The minimum atomic E-state index is -3.54. The lowest BCUT2D eigenvalue weighted by Crippen LogP contribution is -2.48. The number of hydrogen-bond acceptors (Lipinski definition) is 7. The largest absolute Gasteiger partial charge is 0.491 e. The summed E-state index contributed by atoms with van der Waals surface area (Å²) in [6.07, 6.45) is 0.604. The third kappa shape index (κ3) is 6.89. The van der Waals surface area contributed by atoms with Gasteiger partial charge in [-0.1, -0.05) is 12.1 Å². The summed E-state index contributed by atoms with van der Waals surface area (Å²) < 4.78 is 43.7. The van der Waals surface area contributed by atoms with Gasteiger partial charge in [-0.15, -0.1) is 0 Å². The van der Waals surface area contributed by atoms with Crippen molar-refractivity contribution in [3.05, 3.63) is 57.4 Å². The molecule has 2 aromatic carbocycles. The lowest BCUT2D eigenvalue weighted by atomic mass is 10.1. The van der Waals surface area contributed by atoms with Crippen LogP contribution in [0.5, 0.6) is 5.75 Å². The molecular formula is C22H23FIN3O7S. The number of sulfone groups is 1. The molecule has 10 nitrogen and oxygen atoms in total. The summed E-state index contributed by atoms with van der Waals surface area (Å²) in [5.74, 6) is -2.40. The Kier molecular flexibility index (Phi) is 8.66. The maximum Gasteiger partial charge on any atom is 0.325 e. The fraction of sp³-hybridized carbons (Fsp3) is 0.318. The van der Waals surface area contributed by atoms with Crippen LogP contribution >= 0.6 is 22.6 Å². The second kappa shape index (κ2) is 11.3. The van der Waals surface area contributed by atoms with Crippen LogP contribution in [0.1, 0.15) is 18.0 Å². The van der Waals surface area contributed by atoms with Gasteiger partial charge in [-0.2, -0.15) is 0 Å². The first-order chi connectivity index (χ1) is 16.5. The number of aliphatic hydroxyl groups is 1. The topological polar surface area (TPSA) is 142 Å². The van der Waals surface area contributed by atoms with E-state index in [0.29, 0.717) is 19.8 Å². The highest BCUT2D eigenvalue weighted by molar-refractivity contribution is 14.1. The Bertz CT molecular complexity index is 1220. The molecule has 0 saturated carbocycles. The van der Waals surface area contributed by atoms with Crippen molar-refractivity contribution in [2.24, 2.45) is 0 Å². The molecule has 1 saturated heterocycles. The van der Waals surface area contributed by atoms with Gasteiger partial charge in [0.2, 0.25) is 5.91 Å². The lowest BCUT2D eigenvalue weighted by Gasteiger charge is -2.24. The molecule has 0 aliphatic carbocycles. The van der Waals surface area contributed by atoms with E-state index in [-0.39, 0.29) is 25.3 Å². The third-order valence-electron chi connectivity index (χ3n) is 5.11. The smallest absolute Gasteiger partial charge is 0.325 e. The number of nitrogens with one attached hydrogen (secondary N) is 2. The summed E-state index contributed by atoms with van der Waals surface area (Å²) in [7, 11) is -3.54. The molecule has 1 aliphatic rings. The number of carbonyl (C=O) groups excluding carboxylic acids is 3. The van der Waals surface area contributed by atoms with E-state index in [0.717, 1.165) is 6.26 Å². The van der Waals surface area contributed by atoms with Gasteiger partial charge < -0.3 is 20.5 Å². The molecule has 0 bridgehead atoms. The second-order valence-electron chi connectivity index (χ2n) is 7.78. The average Bonchev–Trinajstić information content (AvgIpc) is 3.08. The van der Waals surface area contributed by atoms with Gasteiger partial charge in [0.15, 0.2) is 0 Å². The van der Waals surface area contributed by atoms with E-state index in [4.69, 9.17) is 9.84 Å². The summed E-state index contributed by atoms with van der Waals surface area (Å²) in [5, 5.41) is 13.7. The quantitative estimate of drug-likeness (QED) is 0.272. The van der Waals surface area contributed by atoms with E-state index in [2.05, 4.69) is 10.6 Å². The number of carbonyl (C=O) groups is 3. The van der Waals surface area contributed by atoms with Crippen molar-refractivity contribution in [1.29, 1.82) is 0 Å². The van der Waals surface area contributed by atoms with Crippen LogP contribution in [0.2, 0.25) is 0 Å². The summed E-state index contributed by atoms with van der Waals surface area (Å²) >= 11 is 1.90. The van der Waals surface area contributed by atoms with Crippen LogP contribution in [-0.2, 0) is 19.4 Å². The monoisotopic (exact) mass is 619 g/mol. The maximum absolute atomic E-state index is 14.3. The number of urea groups is 1. The number of hydrogen-bond donors (Lipinski definition) is 3. The molecule has 1 heterocycles. The van der Waals surface area contributed by atoms with Gasteiger partial charge in [0.25, 0.3) is 5.91 Å². The van der Waals surface area contributed by atoms with Crippen LogP contribution in [0.4, 0.5) is 14.9 Å². The number of imide groups is 1. The number of halogens is 2. The molecule has 3 rings (SSSR count). The molecule has 4 amide bonds. The van der Waals surface area contributed by atoms with Gasteiger partial charge in [-0.05, 0) is 64.9 Å². The van der Waals surface area contributed by atoms with Gasteiger partial charge in [-0.25, -0.2) is 22.5 Å². The van der Waals surface area contributed by atoms with Gasteiger partial charge in [0.1, 0.15) is 40.1 Å². The predicted octanol–water partition coefficient (Wildman–Crippen LogP) is 1.84. The minimum Gasteiger partial charge on any atom is -0.491 e. The number of nitrogens with zero attached hydrogens (tertiary/aromatic N) is 1. The van der Waals surface area contributed by atoms with Crippen LogP contribution in [0.25, 0.3) is 0 Å². The normalized spacial score (nSPS) is 16.7. The third-order valence-corrected chi connectivity index (χ3v) is 6.76. The zero-order valence-corrected chi connectivity index (χ0v) is 21.5. The SMILES string of the molecule is CS(=O)(=O)CCC(C(=O)Nc1ccc(I)cc1F)N1C(=O)NC(c2ccc(OCCO)cc2)C1=O. The molecular weight excluding hydrogens is 596 g/mol. The molecule has 2 unspecified atom stereocenters. The van der Waals surface area contributed by atoms with E-state index in [1.165, 1.54) is 12.1 Å². The number of anilines is 1. The molecule has 2 atom stereocenters. The van der Waals surface area contributed by atoms with E-state index >= 15 is 0 Å². The molecule has 188 valence electrons. The Balaban J connectivity index is 1.85. The van der Waals surface area contributed by atoms with E-state index in [1.807, 2.05) is 22.6 Å². The highest BCUT2D eigenvalue weighted by atomic mass is 127.